The molecule has 2 N–H and O–H groups in total. The van der Waals surface area contributed by atoms with Crippen LogP contribution in [0.4, 0.5) is 10.2 Å². The highest BCUT2D eigenvalue weighted by atomic mass is 19.1. The molecular weight excluding hydrogens is 347 g/mol. The Labute approximate surface area is 155 Å². The van der Waals surface area contributed by atoms with Crippen LogP contribution in [0.25, 0.3) is 11.0 Å². The molecule has 0 unspecified atom stereocenters. The fraction of sp³-hybridized carbons (Fsp3) is 0.316. The molecule has 3 heterocycles. The van der Waals surface area contributed by atoms with Gasteiger partial charge >= 0.3 is 0 Å². The Bertz CT molecular complexity index is 1050. The number of aromatic nitrogens is 2. The lowest BCUT2D eigenvalue weighted by Crippen LogP contribution is -2.39. The standard InChI is InChI=1S/C19H19FN6O/c1-25-15-6-8-26(9-7-20)19(27)17(15)12-3-5-16(24-18(12)25)23-11-2-4-13(21)14(22)10-11/h2-5,21-22H,6-10H2,1H3. The molecule has 2 aromatic rings. The summed E-state index contributed by atoms with van der Waals surface area (Å²) in [6.07, 6.45) is 4.25. The summed E-state index contributed by atoms with van der Waals surface area (Å²) in [7, 11) is 1.88. The molecule has 0 fully saturated rings. The number of hydrogen-bond acceptors (Lipinski definition) is 5. The van der Waals surface area contributed by atoms with E-state index in [2.05, 4.69) is 9.98 Å². The Morgan fingerprint density at radius 2 is 2.11 bits per heavy atom. The van der Waals surface area contributed by atoms with Gasteiger partial charge in [-0.25, -0.2) is 14.4 Å². The smallest absolute Gasteiger partial charge is 0.256 e. The fourth-order valence-corrected chi connectivity index (χ4v) is 3.59. The number of nitrogens with zero attached hydrogens (tertiary/aromatic N) is 4. The van der Waals surface area contributed by atoms with Crippen LogP contribution in [0, 0.1) is 10.8 Å². The Hall–Kier alpha value is -3.16. The number of nitrogens with one attached hydrogen (secondary N) is 2. The van der Waals surface area contributed by atoms with E-state index in [-0.39, 0.29) is 23.9 Å². The number of allylic oxidation sites excluding steroid dienone is 2. The molecule has 1 amide bonds. The average molecular weight is 366 g/mol. The van der Waals surface area contributed by atoms with Gasteiger partial charge in [0.1, 0.15) is 12.3 Å². The highest BCUT2D eigenvalue weighted by Crippen LogP contribution is 2.30. The number of aliphatic imine (C=N–C) groups is 1. The molecule has 138 valence electrons. The van der Waals surface area contributed by atoms with Gasteiger partial charge in [-0.15, -0.1) is 0 Å². The zero-order valence-corrected chi connectivity index (χ0v) is 14.9. The van der Waals surface area contributed by atoms with E-state index in [1.54, 1.807) is 23.1 Å². The average Bonchev–Trinajstić information content (AvgIpc) is 2.93. The Kier molecular flexibility index (Phi) is 4.18. The molecule has 8 heteroatoms. The molecule has 0 saturated heterocycles. The van der Waals surface area contributed by atoms with Gasteiger partial charge in [-0.2, -0.15) is 0 Å². The van der Waals surface area contributed by atoms with Crippen molar-refractivity contribution < 1.29 is 9.18 Å². The monoisotopic (exact) mass is 366 g/mol. The van der Waals surface area contributed by atoms with Gasteiger partial charge in [-0.3, -0.25) is 10.2 Å². The van der Waals surface area contributed by atoms with E-state index in [1.807, 2.05) is 17.7 Å². The van der Waals surface area contributed by atoms with E-state index in [9.17, 15) is 9.18 Å². The van der Waals surface area contributed by atoms with Gasteiger partial charge in [0, 0.05) is 49.8 Å². The third kappa shape index (κ3) is 2.87. The van der Waals surface area contributed by atoms with Gasteiger partial charge in [0.25, 0.3) is 5.91 Å². The number of rotatable bonds is 3. The van der Waals surface area contributed by atoms with Crippen molar-refractivity contribution in [3.63, 3.8) is 0 Å². The third-order valence-electron chi connectivity index (χ3n) is 5.00. The lowest BCUT2D eigenvalue weighted by Gasteiger charge is -2.26. The van der Waals surface area contributed by atoms with Crippen LogP contribution in [0.2, 0.25) is 0 Å². The molecule has 0 bridgehead atoms. The van der Waals surface area contributed by atoms with Crippen molar-refractivity contribution in [1.29, 1.82) is 10.8 Å². The molecule has 4 rings (SSSR count). The first kappa shape index (κ1) is 17.3. The number of halogens is 1. The molecule has 2 aliphatic rings. The van der Waals surface area contributed by atoms with Crippen LogP contribution in [-0.4, -0.2) is 57.3 Å². The summed E-state index contributed by atoms with van der Waals surface area (Å²) in [4.78, 5) is 23.4. The first-order valence-electron chi connectivity index (χ1n) is 8.75. The maximum atomic E-state index is 12.7. The number of carbonyl (C=O) groups is 1. The first-order chi connectivity index (χ1) is 13.0. The molecular formula is C19H19FN6O. The molecule has 0 saturated carbocycles. The van der Waals surface area contributed by atoms with Gasteiger partial charge in [0.05, 0.1) is 17.0 Å². The minimum Gasteiger partial charge on any atom is -0.336 e. The van der Waals surface area contributed by atoms with Gasteiger partial charge in [0.15, 0.2) is 5.82 Å². The second-order valence-corrected chi connectivity index (χ2v) is 6.66. The number of fused-ring (bicyclic) bond motifs is 3. The minimum absolute atomic E-state index is 0.112. The zero-order chi connectivity index (χ0) is 19.1. The maximum absolute atomic E-state index is 12.7. The topological polar surface area (TPSA) is 98.2 Å². The molecule has 0 radical (unpaired) electrons. The van der Waals surface area contributed by atoms with Crippen LogP contribution in [0.5, 0.6) is 0 Å². The highest BCUT2D eigenvalue weighted by molar-refractivity contribution is 6.50. The maximum Gasteiger partial charge on any atom is 0.256 e. The Morgan fingerprint density at radius 3 is 2.85 bits per heavy atom. The lowest BCUT2D eigenvalue weighted by molar-refractivity contribution is 0.0729. The summed E-state index contributed by atoms with van der Waals surface area (Å²) in [5, 5.41) is 16.1. The van der Waals surface area contributed by atoms with Crippen molar-refractivity contribution >= 4 is 39.9 Å². The van der Waals surface area contributed by atoms with Crippen LogP contribution in [0.15, 0.2) is 29.3 Å². The normalized spacial score (nSPS) is 18.7. The second kappa shape index (κ2) is 6.53. The predicted molar refractivity (Wildman–Crippen MR) is 103 cm³/mol. The minimum atomic E-state index is -0.550. The largest absolute Gasteiger partial charge is 0.336 e. The van der Waals surface area contributed by atoms with Crippen LogP contribution in [0.3, 0.4) is 0 Å². The number of aryl methyl sites for hydroxylation is 1. The summed E-state index contributed by atoms with van der Waals surface area (Å²) in [6.45, 7) is 0.0702. The summed E-state index contributed by atoms with van der Waals surface area (Å²) < 4.78 is 14.6. The van der Waals surface area contributed by atoms with Crippen molar-refractivity contribution in [3.05, 3.63) is 35.5 Å². The van der Waals surface area contributed by atoms with Gasteiger partial charge in [-0.1, -0.05) is 0 Å². The highest BCUT2D eigenvalue weighted by Gasteiger charge is 2.30. The zero-order valence-electron chi connectivity index (χ0n) is 14.9. The summed E-state index contributed by atoms with van der Waals surface area (Å²) in [5.74, 6) is 0.344. The molecule has 0 aromatic carbocycles. The number of amides is 1. The van der Waals surface area contributed by atoms with E-state index < -0.39 is 6.67 Å². The van der Waals surface area contributed by atoms with E-state index >= 15 is 0 Å². The van der Waals surface area contributed by atoms with E-state index in [0.29, 0.717) is 42.1 Å². The molecule has 27 heavy (non-hydrogen) atoms. The summed E-state index contributed by atoms with van der Waals surface area (Å²) in [6, 6.07) is 3.58. The molecule has 7 nitrogen and oxygen atoms in total. The van der Waals surface area contributed by atoms with Crippen LogP contribution in [0.1, 0.15) is 22.5 Å². The molecule has 0 spiro atoms. The lowest BCUT2D eigenvalue weighted by atomic mass is 10.0. The van der Waals surface area contributed by atoms with Crippen molar-refractivity contribution in [1.82, 2.24) is 14.5 Å². The van der Waals surface area contributed by atoms with Crippen molar-refractivity contribution in [2.24, 2.45) is 12.0 Å². The van der Waals surface area contributed by atoms with E-state index in [4.69, 9.17) is 10.8 Å². The van der Waals surface area contributed by atoms with Crippen molar-refractivity contribution in [2.45, 2.75) is 12.8 Å². The van der Waals surface area contributed by atoms with E-state index in [1.165, 1.54) is 0 Å². The molecule has 0 atom stereocenters. The fourth-order valence-electron chi connectivity index (χ4n) is 3.59. The van der Waals surface area contributed by atoms with Gasteiger partial charge in [-0.05, 0) is 24.3 Å². The van der Waals surface area contributed by atoms with Crippen molar-refractivity contribution in [3.8, 4) is 0 Å². The molecule has 2 aromatic heterocycles. The van der Waals surface area contributed by atoms with Crippen LogP contribution in [-0.2, 0) is 13.5 Å². The van der Waals surface area contributed by atoms with Crippen LogP contribution >= 0.6 is 0 Å². The quantitative estimate of drug-likeness (QED) is 0.873. The van der Waals surface area contributed by atoms with E-state index in [0.717, 1.165) is 11.1 Å². The third-order valence-corrected chi connectivity index (χ3v) is 5.00. The number of carbonyl (C=O) groups excluding carboxylic acids is 1. The Balaban J connectivity index is 1.76. The Morgan fingerprint density at radius 1 is 1.30 bits per heavy atom. The SMILES string of the molecule is Cn1c2c(c3ccc(N=C4C=CC(=N)C(=N)C4)nc31)C(=O)N(CCF)CC2. The number of pyridine rings is 1. The van der Waals surface area contributed by atoms with Gasteiger partial charge < -0.3 is 14.9 Å². The number of alkyl halides is 1. The first-order valence-corrected chi connectivity index (χ1v) is 8.75. The summed E-state index contributed by atoms with van der Waals surface area (Å²) in [5.41, 5.74) is 3.28. The van der Waals surface area contributed by atoms with Crippen molar-refractivity contribution in [2.75, 3.05) is 19.8 Å². The summed E-state index contributed by atoms with van der Waals surface area (Å²) >= 11 is 0. The second-order valence-electron chi connectivity index (χ2n) is 6.66. The predicted octanol–water partition coefficient (Wildman–Crippen LogP) is 2.61. The molecule has 1 aliphatic heterocycles. The van der Waals surface area contributed by atoms with Gasteiger partial charge in [0.2, 0.25) is 0 Å². The molecule has 1 aliphatic carbocycles. The number of hydrogen-bond donors (Lipinski definition) is 2. The van der Waals surface area contributed by atoms with Crippen LogP contribution < -0.4 is 0 Å².